The van der Waals surface area contributed by atoms with E-state index in [9.17, 15) is 0 Å². The number of hydrogen-bond acceptors (Lipinski definition) is 2. The molecule has 0 spiro atoms. The third kappa shape index (κ3) is 8.26. The predicted molar refractivity (Wildman–Crippen MR) is 58.1 cm³/mol. The van der Waals surface area contributed by atoms with E-state index >= 15 is 0 Å². The van der Waals surface area contributed by atoms with Crippen LogP contribution in [0, 0.1) is 0 Å². The van der Waals surface area contributed by atoms with Crippen molar-refractivity contribution < 1.29 is 4.74 Å². The second kappa shape index (κ2) is 10.0. The molecule has 1 unspecified atom stereocenters. The van der Waals surface area contributed by atoms with Gasteiger partial charge in [0.05, 0.1) is 6.61 Å². The van der Waals surface area contributed by atoms with E-state index in [2.05, 4.69) is 26.1 Å². The van der Waals surface area contributed by atoms with Gasteiger partial charge in [0.15, 0.2) is 0 Å². The molecule has 2 heteroatoms. The molecule has 0 aromatic rings. The second-order valence-electron chi connectivity index (χ2n) is 3.49. The minimum Gasteiger partial charge on any atom is -0.380 e. The van der Waals surface area contributed by atoms with Crippen LogP contribution in [0.15, 0.2) is 0 Å². The van der Waals surface area contributed by atoms with E-state index < -0.39 is 0 Å². The highest BCUT2D eigenvalue weighted by atomic mass is 16.5. The summed E-state index contributed by atoms with van der Waals surface area (Å²) >= 11 is 0. The normalized spacial score (nSPS) is 13.2. The Morgan fingerprint density at radius 1 is 1.15 bits per heavy atom. The zero-order valence-corrected chi connectivity index (χ0v) is 9.44. The molecule has 80 valence electrons. The minimum atomic E-state index is 0.553. The number of unbranched alkanes of at least 4 members (excludes halogenated alkanes) is 1. The SMILES string of the molecule is CCCCOCC(CC)NCCC. The van der Waals surface area contributed by atoms with E-state index in [1.54, 1.807) is 0 Å². The van der Waals surface area contributed by atoms with E-state index in [0.29, 0.717) is 6.04 Å². The molecule has 0 amide bonds. The van der Waals surface area contributed by atoms with Crippen LogP contribution in [0.1, 0.15) is 46.5 Å². The van der Waals surface area contributed by atoms with Gasteiger partial charge in [-0.25, -0.2) is 0 Å². The van der Waals surface area contributed by atoms with Gasteiger partial charge in [-0.1, -0.05) is 27.2 Å². The van der Waals surface area contributed by atoms with Crippen molar-refractivity contribution in [2.45, 2.75) is 52.5 Å². The summed E-state index contributed by atoms with van der Waals surface area (Å²) in [6.07, 6.45) is 4.76. The maximum absolute atomic E-state index is 5.56. The first-order chi connectivity index (χ1) is 6.35. The van der Waals surface area contributed by atoms with E-state index in [1.165, 1.54) is 19.3 Å². The molecule has 0 bridgehead atoms. The van der Waals surface area contributed by atoms with Gasteiger partial charge >= 0.3 is 0 Å². The van der Waals surface area contributed by atoms with Crippen molar-refractivity contribution in [2.24, 2.45) is 0 Å². The molecule has 13 heavy (non-hydrogen) atoms. The van der Waals surface area contributed by atoms with Crippen molar-refractivity contribution in [1.82, 2.24) is 5.32 Å². The first-order valence-electron chi connectivity index (χ1n) is 5.66. The fraction of sp³-hybridized carbons (Fsp3) is 1.00. The highest BCUT2D eigenvalue weighted by molar-refractivity contribution is 4.62. The standard InChI is InChI=1S/C11H25NO/c1-4-7-9-13-10-11(6-3)12-8-5-2/h11-12H,4-10H2,1-3H3. The summed E-state index contributed by atoms with van der Waals surface area (Å²) in [5.41, 5.74) is 0. The van der Waals surface area contributed by atoms with Crippen LogP contribution in [0.4, 0.5) is 0 Å². The van der Waals surface area contributed by atoms with Gasteiger partial charge in [-0.05, 0) is 25.8 Å². The van der Waals surface area contributed by atoms with Crippen LogP contribution in [-0.2, 0) is 4.74 Å². The maximum Gasteiger partial charge on any atom is 0.0619 e. The zero-order chi connectivity index (χ0) is 9.94. The fourth-order valence-corrected chi connectivity index (χ4v) is 1.14. The first-order valence-corrected chi connectivity index (χ1v) is 5.66. The fourth-order valence-electron chi connectivity index (χ4n) is 1.14. The van der Waals surface area contributed by atoms with Gasteiger partial charge in [0.25, 0.3) is 0 Å². The Labute approximate surface area is 83.1 Å². The monoisotopic (exact) mass is 187 g/mol. The Hall–Kier alpha value is -0.0800. The van der Waals surface area contributed by atoms with Crippen molar-refractivity contribution in [3.63, 3.8) is 0 Å². The molecule has 0 aliphatic rings. The molecule has 0 aromatic carbocycles. The average Bonchev–Trinajstić information content (AvgIpc) is 2.17. The molecular weight excluding hydrogens is 162 g/mol. The van der Waals surface area contributed by atoms with Crippen molar-refractivity contribution in [3.05, 3.63) is 0 Å². The zero-order valence-electron chi connectivity index (χ0n) is 9.44. The topological polar surface area (TPSA) is 21.3 Å². The van der Waals surface area contributed by atoms with Gasteiger partial charge in [0, 0.05) is 12.6 Å². The third-order valence-electron chi connectivity index (χ3n) is 2.14. The van der Waals surface area contributed by atoms with Gasteiger partial charge < -0.3 is 10.1 Å². The number of nitrogens with one attached hydrogen (secondary N) is 1. The van der Waals surface area contributed by atoms with Crippen molar-refractivity contribution in [1.29, 1.82) is 0 Å². The van der Waals surface area contributed by atoms with Crippen molar-refractivity contribution in [3.8, 4) is 0 Å². The van der Waals surface area contributed by atoms with Crippen LogP contribution in [0.25, 0.3) is 0 Å². The van der Waals surface area contributed by atoms with Crippen LogP contribution in [0.3, 0.4) is 0 Å². The Morgan fingerprint density at radius 3 is 2.46 bits per heavy atom. The molecular formula is C11H25NO. The summed E-state index contributed by atoms with van der Waals surface area (Å²) in [4.78, 5) is 0. The molecule has 0 aliphatic heterocycles. The molecule has 1 N–H and O–H groups in total. The molecule has 1 atom stereocenters. The molecule has 0 aliphatic carbocycles. The Kier molecular flexibility index (Phi) is 9.94. The molecule has 0 aromatic heterocycles. The maximum atomic E-state index is 5.56. The summed E-state index contributed by atoms with van der Waals surface area (Å²) < 4.78 is 5.56. The van der Waals surface area contributed by atoms with Gasteiger partial charge in [-0.3, -0.25) is 0 Å². The lowest BCUT2D eigenvalue weighted by molar-refractivity contribution is 0.108. The Bertz CT molecular complexity index is 96.1. The van der Waals surface area contributed by atoms with Gasteiger partial charge in [-0.15, -0.1) is 0 Å². The lowest BCUT2D eigenvalue weighted by Gasteiger charge is -2.16. The summed E-state index contributed by atoms with van der Waals surface area (Å²) in [5.74, 6) is 0. The van der Waals surface area contributed by atoms with Crippen molar-refractivity contribution in [2.75, 3.05) is 19.8 Å². The third-order valence-corrected chi connectivity index (χ3v) is 2.14. The average molecular weight is 187 g/mol. The van der Waals surface area contributed by atoms with Crippen LogP contribution >= 0.6 is 0 Å². The number of rotatable bonds is 9. The molecule has 0 saturated heterocycles. The van der Waals surface area contributed by atoms with E-state index in [4.69, 9.17) is 4.74 Å². The largest absolute Gasteiger partial charge is 0.380 e. The van der Waals surface area contributed by atoms with Crippen molar-refractivity contribution >= 4 is 0 Å². The predicted octanol–water partition coefficient (Wildman–Crippen LogP) is 2.58. The van der Waals surface area contributed by atoms with Crippen LogP contribution in [-0.4, -0.2) is 25.8 Å². The second-order valence-corrected chi connectivity index (χ2v) is 3.49. The van der Waals surface area contributed by atoms with E-state index in [1.807, 2.05) is 0 Å². The van der Waals surface area contributed by atoms with E-state index in [-0.39, 0.29) is 0 Å². The summed E-state index contributed by atoms with van der Waals surface area (Å²) in [6, 6.07) is 0.553. The quantitative estimate of drug-likeness (QED) is 0.560. The lowest BCUT2D eigenvalue weighted by Crippen LogP contribution is -2.33. The molecule has 0 radical (unpaired) electrons. The highest BCUT2D eigenvalue weighted by Gasteiger charge is 2.03. The minimum absolute atomic E-state index is 0.553. The number of hydrogen-bond donors (Lipinski definition) is 1. The Balaban J connectivity index is 3.25. The van der Waals surface area contributed by atoms with Crippen LogP contribution in [0.5, 0.6) is 0 Å². The van der Waals surface area contributed by atoms with E-state index in [0.717, 1.165) is 26.2 Å². The highest BCUT2D eigenvalue weighted by Crippen LogP contribution is 1.95. The smallest absolute Gasteiger partial charge is 0.0619 e. The molecule has 0 saturated carbocycles. The summed E-state index contributed by atoms with van der Waals surface area (Å²) in [6.45, 7) is 9.48. The molecule has 0 fully saturated rings. The van der Waals surface area contributed by atoms with Crippen LogP contribution in [0.2, 0.25) is 0 Å². The molecule has 0 heterocycles. The molecule has 0 rings (SSSR count). The van der Waals surface area contributed by atoms with Gasteiger partial charge in [0.2, 0.25) is 0 Å². The van der Waals surface area contributed by atoms with Gasteiger partial charge in [-0.2, -0.15) is 0 Å². The summed E-state index contributed by atoms with van der Waals surface area (Å²) in [7, 11) is 0. The number of ether oxygens (including phenoxy) is 1. The Morgan fingerprint density at radius 2 is 1.92 bits per heavy atom. The molecule has 2 nitrogen and oxygen atoms in total. The van der Waals surface area contributed by atoms with Gasteiger partial charge in [0.1, 0.15) is 0 Å². The summed E-state index contributed by atoms with van der Waals surface area (Å²) in [5, 5.41) is 3.47. The first kappa shape index (κ1) is 12.9. The van der Waals surface area contributed by atoms with Crippen LogP contribution < -0.4 is 5.32 Å². The lowest BCUT2D eigenvalue weighted by atomic mass is 10.2.